The summed E-state index contributed by atoms with van der Waals surface area (Å²) in [5.41, 5.74) is 2.14. The molecule has 14 heavy (non-hydrogen) atoms. The van der Waals surface area contributed by atoms with Crippen LogP contribution in [0.15, 0.2) is 12.1 Å². The molecule has 0 saturated carbocycles. The Morgan fingerprint density at radius 2 is 1.93 bits per heavy atom. The SMILES string of the molecule is Cc1ccc(NC(C)C)c(N(C)C)n1. The lowest BCUT2D eigenvalue weighted by Gasteiger charge is -2.19. The van der Waals surface area contributed by atoms with Crippen LogP contribution in [0.25, 0.3) is 0 Å². The van der Waals surface area contributed by atoms with Gasteiger partial charge in [0, 0.05) is 25.8 Å². The molecule has 1 aromatic rings. The fourth-order valence-corrected chi connectivity index (χ4v) is 1.31. The van der Waals surface area contributed by atoms with E-state index in [9.17, 15) is 0 Å². The normalized spacial score (nSPS) is 10.4. The van der Waals surface area contributed by atoms with Gasteiger partial charge in [0.1, 0.15) is 0 Å². The number of anilines is 2. The molecule has 0 aliphatic rings. The molecule has 1 heterocycles. The van der Waals surface area contributed by atoms with Crippen LogP contribution in [0.1, 0.15) is 19.5 Å². The molecule has 0 atom stereocenters. The third-order valence-corrected chi connectivity index (χ3v) is 1.88. The molecule has 0 aliphatic heterocycles. The summed E-state index contributed by atoms with van der Waals surface area (Å²) in [6, 6.07) is 4.54. The number of aromatic nitrogens is 1. The van der Waals surface area contributed by atoms with E-state index < -0.39 is 0 Å². The number of nitrogens with one attached hydrogen (secondary N) is 1. The zero-order chi connectivity index (χ0) is 10.7. The van der Waals surface area contributed by atoms with Gasteiger partial charge in [-0.05, 0) is 32.9 Å². The van der Waals surface area contributed by atoms with Crippen LogP contribution in [0.3, 0.4) is 0 Å². The van der Waals surface area contributed by atoms with E-state index in [-0.39, 0.29) is 0 Å². The minimum Gasteiger partial charge on any atom is -0.380 e. The fourth-order valence-electron chi connectivity index (χ4n) is 1.31. The lowest BCUT2D eigenvalue weighted by molar-refractivity contribution is 0.892. The van der Waals surface area contributed by atoms with Crippen LogP contribution in [-0.4, -0.2) is 25.1 Å². The van der Waals surface area contributed by atoms with E-state index in [1.165, 1.54) is 0 Å². The second-order valence-corrected chi connectivity index (χ2v) is 4.02. The zero-order valence-electron chi connectivity index (χ0n) is 9.63. The van der Waals surface area contributed by atoms with Crippen LogP contribution in [0, 0.1) is 6.92 Å². The quantitative estimate of drug-likeness (QED) is 0.798. The maximum absolute atomic E-state index is 4.49. The van der Waals surface area contributed by atoms with Gasteiger partial charge in [0.15, 0.2) is 5.82 Å². The molecule has 0 bridgehead atoms. The average Bonchev–Trinajstić information content (AvgIpc) is 2.07. The van der Waals surface area contributed by atoms with E-state index in [2.05, 4.69) is 30.2 Å². The molecule has 1 rings (SSSR count). The van der Waals surface area contributed by atoms with Crippen molar-refractivity contribution in [2.45, 2.75) is 26.8 Å². The largest absolute Gasteiger partial charge is 0.380 e. The van der Waals surface area contributed by atoms with Crippen LogP contribution >= 0.6 is 0 Å². The lowest BCUT2D eigenvalue weighted by atomic mass is 10.3. The first-order valence-corrected chi connectivity index (χ1v) is 4.92. The lowest BCUT2D eigenvalue weighted by Crippen LogP contribution is -2.17. The Balaban J connectivity index is 3.02. The second kappa shape index (κ2) is 4.31. The number of pyridine rings is 1. The van der Waals surface area contributed by atoms with Gasteiger partial charge in [0.05, 0.1) is 5.69 Å². The summed E-state index contributed by atoms with van der Waals surface area (Å²) in [7, 11) is 4.01. The van der Waals surface area contributed by atoms with E-state index in [1.807, 2.05) is 32.0 Å². The predicted octanol–water partition coefficient (Wildman–Crippen LogP) is 2.28. The maximum Gasteiger partial charge on any atom is 0.151 e. The molecule has 3 heteroatoms. The standard InChI is InChI=1S/C11H19N3/c1-8(2)12-10-7-6-9(3)13-11(10)14(4)5/h6-8,12H,1-5H3. The highest BCUT2D eigenvalue weighted by Crippen LogP contribution is 2.22. The Hall–Kier alpha value is -1.25. The van der Waals surface area contributed by atoms with Gasteiger partial charge < -0.3 is 10.2 Å². The minimum absolute atomic E-state index is 0.429. The monoisotopic (exact) mass is 193 g/mol. The average molecular weight is 193 g/mol. The van der Waals surface area contributed by atoms with E-state index >= 15 is 0 Å². The summed E-state index contributed by atoms with van der Waals surface area (Å²) in [5.74, 6) is 0.999. The highest BCUT2D eigenvalue weighted by Gasteiger charge is 2.06. The van der Waals surface area contributed by atoms with Gasteiger partial charge in [-0.15, -0.1) is 0 Å². The van der Waals surface area contributed by atoms with Crippen molar-refractivity contribution in [3.05, 3.63) is 17.8 Å². The first-order valence-electron chi connectivity index (χ1n) is 4.92. The topological polar surface area (TPSA) is 28.2 Å². The second-order valence-electron chi connectivity index (χ2n) is 4.02. The van der Waals surface area contributed by atoms with Gasteiger partial charge in [-0.2, -0.15) is 0 Å². The summed E-state index contributed by atoms with van der Waals surface area (Å²) in [4.78, 5) is 6.51. The molecule has 0 saturated heterocycles. The van der Waals surface area contributed by atoms with Crippen molar-refractivity contribution < 1.29 is 0 Å². The molecule has 0 aliphatic carbocycles. The number of aryl methyl sites for hydroxylation is 1. The van der Waals surface area contributed by atoms with E-state index in [0.29, 0.717) is 6.04 Å². The first kappa shape index (κ1) is 10.8. The van der Waals surface area contributed by atoms with Crippen LogP contribution < -0.4 is 10.2 Å². The molecule has 0 fully saturated rings. The molecule has 3 nitrogen and oxygen atoms in total. The van der Waals surface area contributed by atoms with Gasteiger partial charge >= 0.3 is 0 Å². The Labute approximate surface area is 86.2 Å². The molecule has 0 spiro atoms. The molecule has 78 valence electrons. The van der Waals surface area contributed by atoms with Gasteiger partial charge in [-0.1, -0.05) is 0 Å². The third-order valence-electron chi connectivity index (χ3n) is 1.88. The maximum atomic E-state index is 4.49. The predicted molar refractivity (Wildman–Crippen MR) is 62.1 cm³/mol. The highest BCUT2D eigenvalue weighted by molar-refractivity contribution is 5.65. The molecule has 1 aromatic heterocycles. The minimum atomic E-state index is 0.429. The Morgan fingerprint density at radius 1 is 1.29 bits per heavy atom. The summed E-state index contributed by atoms with van der Waals surface area (Å²) in [6.07, 6.45) is 0. The van der Waals surface area contributed by atoms with E-state index in [1.54, 1.807) is 0 Å². The number of nitrogens with zero attached hydrogens (tertiary/aromatic N) is 2. The van der Waals surface area contributed by atoms with Crippen LogP contribution in [-0.2, 0) is 0 Å². The molecular formula is C11H19N3. The van der Waals surface area contributed by atoms with Crippen molar-refractivity contribution in [1.29, 1.82) is 0 Å². The van der Waals surface area contributed by atoms with Gasteiger partial charge in [-0.25, -0.2) is 4.98 Å². The number of rotatable bonds is 3. The van der Waals surface area contributed by atoms with Crippen molar-refractivity contribution in [3.63, 3.8) is 0 Å². The Morgan fingerprint density at radius 3 is 2.43 bits per heavy atom. The summed E-state index contributed by atoms with van der Waals surface area (Å²) in [6.45, 7) is 6.25. The van der Waals surface area contributed by atoms with E-state index in [0.717, 1.165) is 17.2 Å². The fraction of sp³-hybridized carbons (Fsp3) is 0.545. The van der Waals surface area contributed by atoms with Crippen LogP contribution in [0.2, 0.25) is 0 Å². The van der Waals surface area contributed by atoms with Gasteiger partial charge in [0.25, 0.3) is 0 Å². The number of hydrogen-bond acceptors (Lipinski definition) is 3. The molecule has 0 amide bonds. The van der Waals surface area contributed by atoms with Gasteiger partial charge in [0.2, 0.25) is 0 Å². The van der Waals surface area contributed by atoms with Crippen molar-refractivity contribution in [2.75, 3.05) is 24.3 Å². The summed E-state index contributed by atoms with van der Waals surface area (Å²) in [5, 5.41) is 3.38. The molecule has 0 radical (unpaired) electrons. The van der Waals surface area contributed by atoms with Gasteiger partial charge in [-0.3, -0.25) is 0 Å². The van der Waals surface area contributed by atoms with E-state index in [4.69, 9.17) is 0 Å². The van der Waals surface area contributed by atoms with Crippen LogP contribution in [0.5, 0.6) is 0 Å². The third kappa shape index (κ3) is 2.62. The van der Waals surface area contributed by atoms with Crippen molar-refractivity contribution in [1.82, 2.24) is 4.98 Å². The molecular weight excluding hydrogens is 174 g/mol. The van der Waals surface area contributed by atoms with Crippen molar-refractivity contribution in [2.24, 2.45) is 0 Å². The number of hydrogen-bond donors (Lipinski definition) is 1. The summed E-state index contributed by atoms with van der Waals surface area (Å²) < 4.78 is 0. The Kier molecular flexibility index (Phi) is 3.33. The smallest absolute Gasteiger partial charge is 0.151 e. The van der Waals surface area contributed by atoms with Crippen molar-refractivity contribution >= 4 is 11.5 Å². The van der Waals surface area contributed by atoms with Crippen molar-refractivity contribution in [3.8, 4) is 0 Å². The highest BCUT2D eigenvalue weighted by atomic mass is 15.2. The summed E-state index contributed by atoms with van der Waals surface area (Å²) >= 11 is 0. The molecule has 0 aromatic carbocycles. The Bertz CT molecular complexity index is 305. The first-order chi connectivity index (χ1) is 6.50. The zero-order valence-corrected chi connectivity index (χ0v) is 9.63. The van der Waals surface area contributed by atoms with Crippen LogP contribution in [0.4, 0.5) is 11.5 Å². The molecule has 1 N–H and O–H groups in total. The molecule has 0 unspecified atom stereocenters.